The molecule has 1 aromatic carbocycles. The molecule has 1 aliphatic heterocycles. The first-order valence-corrected chi connectivity index (χ1v) is 11.2. The van der Waals surface area contributed by atoms with E-state index in [1.807, 2.05) is 0 Å². The fourth-order valence-electron chi connectivity index (χ4n) is 3.29. The van der Waals surface area contributed by atoms with Crippen molar-refractivity contribution < 1.29 is 28.7 Å². The SMILES string of the molecule is CCN(NC(=O)c1cccc(C(=O)N2CCC(OC)CC2)c1)C(=O)OC(=O)c1ccsc1. The molecule has 0 unspecified atom stereocenters. The van der Waals surface area contributed by atoms with Crippen LogP contribution in [0.3, 0.4) is 0 Å². The zero-order valence-electron chi connectivity index (χ0n) is 17.9. The molecule has 0 atom stereocenters. The van der Waals surface area contributed by atoms with Crippen LogP contribution in [0.1, 0.15) is 50.8 Å². The van der Waals surface area contributed by atoms with Gasteiger partial charge in [-0.05, 0) is 49.4 Å². The molecule has 1 saturated heterocycles. The van der Waals surface area contributed by atoms with Gasteiger partial charge in [-0.2, -0.15) is 11.3 Å². The fourth-order valence-corrected chi connectivity index (χ4v) is 3.91. The molecule has 9 nitrogen and oxygen atoms in total. The van der Waals surface area contributed by atoms with Gasteiger partial charge in [-0.25, -0.2) is 14.6 Å². The highest BCUT2D eigenvalue weighted by atomic mass is 32.1. The number of methoxy groups -OCH3 is 1. The number of esters is 1. The Kier molecular flexibility index (Phi) is 7.96. The van der Waals surface area contributed by atoms with Crippen molar-refractivity contribution in [1.82, 2.24) is 15.3 Å². The van der Waals surface area contributed by atoms with Gasteiger partial charge >= 0.3 is 12.1 Å². The molecule has 2 aromatic rings. The van der Waals surface area contributed by atoms with Gasteiger partial charge in [0.1, 0.15) is 0 Å². The highest BCUT2D eigenvalue weighted by Crippen LogP contribution is 2.17. The predicted molar refractivity (Wildman–Crippen MR) is 117 cm³/mol. The van der Waals surface area contributed by atoms with E-state index in [1.54, 1.807) is 47.9 Å². The first-order chi connectivity index (χ1) is 15.4. The molecule has 10 heteroatoms. The van der Waals surface area contributed by atoms with E-state index in [1.165, 1.54) is 23.5 Å². The lowest BCUT2D eigenvalue weighted by Crippen LogP contribution is -2.47. The molecular weight excluding hydrogens is 434 g/mol. The molecule has 0 aliphatic carbocycles. The third-order valence-corrected chi connectivity index (χ3v) is 5.83. The Hall–Kier alpha value is -3.24. The van der Waals surface area contributed by atoms with Crippen molar-refractivity contribution in [2.45, 2.75) is 25.9 Å². The number of benzene rings is 1. The second-order valence-electron chi connectivity index (χ2n) is 7.16. The van der Waals surface area contributed by atoms with Crippen LogP contribution in [0, 0.1) is 0 Å². The number of rotatable bonds is 5. The number of hydrogen-bond acceptors (Lipinski definition) is 7. The monoisotopic (exact) mass is 459 g/mol. The summed E-state index contributed by atoms with van der Waals surface area (Å²) in [6.07, 6.45) is 0.688. The molecule has 3 amide bonds. The highest BCUT2D eigenvalue weighted by molar-refractivity contribution is 7.08. The van der Waals surface area contributed by atoms with Crippen LogP contribution in [0.4, 0.5) is 4.79 Å². The normalized spacial score (nSPS) is 14.0. The summed E-state index contributed by atoms with van der Waals surface area (Å²) in [6.45, 7) is 2.87. The van der Waals surface area contributed by atoms with Crippen molar-refractivity contribution in [2.24, 2.45) is 0 Å². The number of likely N-dealkylation sites (tertiary alicyclic amines) is 1. The summed E-state index contributed by atoms with van der Waals surface area (Å²) in [5.41, 5.74) is 3.27. The van der Waals surface area contributed by atoms with E-state index < -0.39 is 18.0 Å². The number of carbonyl (C=O) groups is 4. The number of piperidine rings is 1. The minimum Gasteiger partial charge on any atom is -0.381 e. The maximum Gasteiger partial charge on any atom is 0.436 e. The van der Waals surface area contributed by atoms with E-state index in [2.05, 4.69) is 5.43 Å². The first-order valence-electron chi connectivity index (χ1n) is 10.2. The summed E-state index contributed by atoms with van der Waals surface area (Å²) in [5, 5.41) is 4.15. The third-order valence-electron chi connectivity index (χ3n) is 5.14. The maximum atomic E-state index is 12.8. The molecule has 32 heavy (non-hydrogen) atoms. The fraction of sp³-hybridized carbons (Fsp3) is 0.364. The largest absolute Gasteiger partial charge is 0.436 e. The second kappa shape index (κ2) is 10.9. The zero-order chi connectivity index (χ0) is 23.1. The standard InChI is InChI=1S/C22H25N3O6S/c1-3-25(22(29)31-21(28)17-9-12-32-14-17)23-19(26)15-5-4-6-16(13-15)20(27)24-10-7-18(30-2)8-11-24/h4-6,9,12-14,18H,3,7-8,10-11H2,1-2H3,(H,23,26). The summed E-state index contributed by atoms with van der Waals surface area (Å²) < 4.78 is 10.1. The maximum absolute atomic E-state index is 12.8. The number of nitrogens with one attached hydrogen (secondary N) is 1. The molecule has 0 saturated carbocycles. The number of hydrogen-bond donors (Lipinski definition) is 1. The minimum atomic E-state index is -0.995. The van der Waals surface area contributed by atoms with Gasteiger partial charge < -0.3 is 14.4 Å². The summed E-state index contributed by atoms with van der Waals surface area (Å²) in [5.74, 6) is -1.56. The number of carbonyl (C=O) groups excluding carboxylic acids is 4. The summed E-state index contributed by atoms with van der Waals surface area (Å²) in [4.78, 5) is 51.5. The number of nitrogens with zero attached hydrogens (tertiary/aromatic N) is 2. The molecule has 2 heterocycles. The molecule has 0 spiro atoms. The van der Waals surface area contributed by atoms with Gasteiger partial charge in [0.2, 0.25) is 0 Å². The highest BCUT2D eigenvalue weighted by Gasteiger charge is 2.25. The van der Waals surface area contributed by atoms with Gasteiger partial charge in [-0.3, -0.25) is 15.0 Å². The molecule has 1 aliphatic rings. The van der Waals surface area contributed by atoms with Crippen LogP contribution in [0.15, 0.2) is 41.1 Å². The smallest absolute Gasteiger partial charge is 0.381 e. The summed E-state index contributed by atoms with van der Waals surface area (Å²) in [6, 6.07) is 7.82. The molecule has 170 valence electrons. The number of thiophene rings is 1. The van der Waals surface area contributed by atoms with E-state index in [0.717, 1.165) is 17.9 Å². The third kappa shape index (κ3) is 5.71. The Balaban J connectivity index is 1.62. The number of hydrazine groups is 1. The molecule has 1 fully saturated rings. The van der Waals surface area contributed by atoms with Gasteiger partial charge in [0.25, 0.3) is 11.8 Å². The molecule has 1 aromatic heterocycles. The average molecular weight is 460 g/mol. The lowest BCUT2D eigenvalue weighted by Gasteiger charge is -2.31. The molecule has 1 N–H and O–H groups in total. The molecule has 0 radical (unpaired) electrons. The van der Waals surface area contributed by atoms with Gasteiger partial charge in [-0.1, -0.05) is 6.07 Å². The minimum absolute atomic E-state index is 0.0779. The van der Waals surface area contributed by atoms with E-state index in [0.29, 0.717) is 18.7 Å². The molecule has 0 bridgehead atoms. The van der Waals surface area contributed by atoms with E-state index in [4.69, 9.17) is 9.47 Å². The molecule has 3 rings (SSSR count). The van der Waals surface area contributed by atoms with Crippen LogP contribution in [0.2, 0.25) is 0 Å². The van der Waals surface area contributed by atoms with Crippen molar-refractivity contribution in [2.75, 3.05) is 26.7 Å². The van der Waals surface area contributed by atoms with Crippen LogP contribution in [-0.2, 0) is 9.47 Å². The number of ether oxygens (including phenoxy) is 2. The molecular formula is C22H25N3O6S. The topological polar surface area (TPSA) is 105 Å². The lowest BCUT2D eigenvalue weighted by atomic mass is 10.0. The van der Waals surface area contributed by atoms with E-state index in [-0.39, 0.29) is 29.7 Å². The Morgan fingerprint density at radius 2 is 1.84 bits per heavy atom. The van der Waals surface area contributed by atoms with Crippen LogP contribution >= 0.6 is 11.3 Å². The quantitative estimate of drug-likeness (QED) is 0.419. The van der Waals surface area contributed by atoms with Crippen LogP contribution < -0.4 is 5.43 Å². The zero-order valence-corrected chi connectivity index (χ0v) is 18.7. The lowest BCUT2D eigenvalue weighted by molar-refractivity contribution is 0.0350. The summed E-state index contributed by atoms with van der Waals surface area (Å²) >= 11 is 1.30. The van der Waals surface area contributed by atoms with E-state index in [9.17, 15) is 19.2 Å². The number of amides is 3. The van der Waals surface area contributed by atoms with E-state index >= 15 is 0 Å². The first kappa shape index (κ1) is 23.4. The van der Waals surface area contributed by atoms with Crippen molar-refractivity contribution in [3.05, 3.63) is 57.8 Å². The predicted octanol–water partition coefficient (Wildman–Crippen LogP) is 2.94. The average Bonchev–Trinajstić information content (AvgIpc) is 3.37. The van der Waals surface area contributed by atoms with Crippen molar-refractivity contribution >= 4 is 35.2 Å². The van der Waals surface area contributed by atoms with Crippen LogP contribution in [0.25, 0.3) is 0 Å². The van der Waals surface area contributed by atoms with Gasteiger partial charge in [0, 0.05) is 43.3 Å². The van der Waals surface area contributed by atoms with Gasteiger partial charge in [0.05, 0.1) is 11.7 Å². The Morgan fingerprint density at radius 1 is 1.12 bits per heavy atom. The van der Waals surface area contributed by atoms with Gasteiger partial charge in [0.15, 0.2) is 0 Å². The Labute approximate surface area is 189 Å². The van der Waals surface area contributed by atoms with Gasteiger partial charge in [-0.15, -0.1) is 0 Å². The summed E-state index contributed by atoms with van der Waals surface area (Å²) in [7, 11) is 1.66. The Bertz CT molecular complexity index is 970. The van der Waals surface area contributed by atoms with Crippen LogP contribution in [-0.4, -0.2) is 66.6 Å². The van der Waals surface area contributed by atoms with Crippen molar-refractivity contribution in [3.63, 3.8) is 0 Å². The van der Waals surface area contributed by atoms with Crippen molar-refractivity contribution in [1.29, 1.82) is 0 Å². The second-order valence-corrected chi connectivity index (χ2v) is 7.94. The van der Waals surface area contributed by atoms with Crippen LogP contribution in [0.5, 0.6) is 0 Å². The van der Waals surface area contributed by atoms with Crippen molar-refractivity contribution in [3.8, 4) is 0 Å². The Morgan fingerprint density at radius 3 is 2.47 bits per heavy atom.